The fourth-order valence-electron chi connectivity index (χ4n) is 3.20. The van der Waals surface area contributed by atoms with Crippen LogP contribution in [0.5, 0.6) is 0 Å². The van der Waals surface area contributed by atoms with Crippen molar-refractivity contribution in [3.63, 3.8) is 0 Å². The van der Waals surface area contributed by atoms with Crippen molar-refractivity contribution in [1.29, 1.82) is 0 Å². The molecule has 2 saturated heterocycles. The Morgan fingerprint density at radius 1 is 1.38 bits per heavy atom. The Bertz CT molecular complexity index is 535. The number of thiophene rings is 1. The number of hydrogen-bond donors (Lipinski definition) is 2. The summed E-state index contributed by atoms with van der Waals surface area (Å²) in [6.07, 6.45) is 1.98. The van der Waals surface area contributed by atoms with E-state index < -0.39 is 0 Å². The first kappa shape index (κ1) is 17.4. The smallest absolute Gasteiger partial charge is 0.253 e. The van der Waals surface area contributed by atoms with Crippen molar-refractivity contribution in [2.75, 3.05) is 39.3 Å². The molecule has 7 heteroatoms. The van der Waals surface area contributed by atoms with E-state index in [1.807, 2.05) is 11.0 Å². The summed E-state index contributed by atoms with van der Waals surface area (Å²) in [5, 5.41) is 8.26. The lowest BCUT2D eigenvalue weighted by molar-refractivity contribution is -0.147. The third-order valence-electron chi connectivity index (χ3n) is 4.63. The minimum absolute atomic E-state index is 0.0165. The van der Waals surface area contributed by atoms with E-state index in [9.17, 15) is 9.59 Å². The lowest BCUT2D eigenvalue weighted by Crippen LogP contribution is -2.52. The first-order chi connectivity index (χ1) is 11.7. The quantitative estimate of drug-likeness (QED) is 0.817. The zero-order chi connectivity index (χ0) is 16.8. The lowest BCUT2D eigenvalue weighted by Gasteiger charge is -2.34. The molecule has 3 rings (SSSR count). The van der Waals surface area contributed by atoms with Crippen LogP contribution < -0.4 is 10.6 Å². The molecule has 0 aliphatic carbocycles. The Balaban J connectivity index is 1.37. The van der Waals surface area contributed by atoms with Gasteiger partial charge in [-0.05, 0) is 30.7 Å². The van der Waals surface area contributed by atoms with E-state index in [1.54, 1.807) is 11.3 Å². The van der Waals surface area contributed by atoms with Crippen molar-refractivity contribution in [2.45, 2.75) is 25.4 Å². The highest BCUT2D eigenvalue weighted by molar-refractivity contribution is 7.09. The van der Waals surface area contributed by atoms with Crippen molar-refractivity contribution in [1.82, 2.24) is 15.5 Å². The molecular weight excluding hydrogens is 326 g/mol. The zero-order valence-electron chi connectivity index (χ0n) is 13.8. The van der Waals surface area contributed by atoms with Crippen molar-refractivity contribution < 1.29 is 14.3 Å². The van der Waals surface area contributed by atoms with Gasteiger partial charge in [-0.1, -0.05) is 6.07 Å². The molecule has 0 bridgehead atoms. The standard InChI is InChI=1S/C17H25N3O3S/c21-16(19-6-3-14-2-1-11-24-14)13-4-8-20(9-5-13)17(22)15-12-18-7-10-23-15/h1-2,11,13,15,18H,3-10,12H2,(H,19,21). The summed E-state index contributed by atoms with van der Waals surface area (Å²) in [5.41, 5.74) is 0. The minimum Gasteiger partial charge on any atom is -0.366 e. The molecule has 1 unspecified atom stereocenters. The number of morpholine rings is 1. The molecule has 0 aromatic carbocycles. The molecule has 2 fully saturated rings. The molecular formula is C17H25N3O3S. The highest BCUT2D eigenvalue weighted by atomic mass is 32.1. The third-order valence-corrected chi connectivity index (χ3v) is 5.57. The number of nitrogens with zero attached hydrogens (tertiary/aromatic N) is 1. The van der Waals surface area contributed by atoms with Gasteiger partial charge in [0.1, 0.15) is 6.10 Å². The monoisotopic (exact) mass is 351 g/mol. The number of nitrogens with one attached hydrogen (secondary N) is 2. The van der Waals surface area contributed by atoms with Crippen LogP contribution in [-0.4, -0.2) is 62.1 Å². The van der Waals surface area contributed by atoms with Crippen LogP contribution in [-0.2, 0) is 20.7 Å². The first-order valence-corrected chi connectivity index (χ1v) is 9.53. The predicted octanol–water partition coefficient (Wildman–Crippen LogP) is 0.634. The molecule has 1 aromatic heterocycles. The van der Waals surface area contributed by atoms with Gasteiger partial charge in [-0.2, -0.15) is 0 Å². The van der Waals surface area contributed by atoms with Gasteiger partial charge in [-0.15, -0.1) is 11.3 Å². The molecule has 1 aromatic rings. The molecule has 6 nitrogen and oxygen atoms in total. The molecule has 24 heavy (non-hydrogen) atoms. The summed E-state index contributed by atoms with van der Waals surface area (Å²) in [7, 11) is 0. The van der Waals surface area contributed by atoms with Crippen LogP contribution in [0, 0.1) is 5.92 Å². The summed E-state index contributed by atoms with van der Waals surface area (Å²) in [6, 6.07) is 4.11. The van der Waals surface area contributed by atoms with Crippen LogP contribution in [0.15, 0.2) is 17.5 Å². The molecule has 0 radical (unpaired) electrons. The molecule has 2 aliphatic rings. The van der Waals surface area contributed by atoms with Gasteiger partial charge in [-0.3, -0.25) is 9.59 Å². The minimum atomic E-state index is -0.366. The van der Waals surface area contributed by atoms with Crippen LogP contribution in [0.2, 0.25) is 0 Å². The lowest BCUT2D eigenvalue weighted by atomic mass is 9.95. The van der Waals surface area contributed by atoms with Crippen molar-refractivity contribution in [2.24, 2.45) is 5.92 Å². The topological polar surface area (TPSA) is 70.7 Å². The Hall–Kier alpha value is -1.44. The van der Waals surface area contributed by atoms with Crippen LogP contribution in [0.1, 0.15) is 17.7 Å². The van der Waals surface area contributed by atoms with E-state index in [0.717, 1.165) is 25.8 Å². The predicted molar refractivity (Wildman–Crippen MR) is 92.9 cm³/mol. The fourth-order valence-corrected chi connectivity index (χ4v) is 3.91. The number of hydrogen-bond acceptors (Lipinski definition) is 5. The summed E-state index contributed by atoms with van der Waals surface area (Å²) in [5.74, 6) is 0.191. The molecule has 1 atom stereocenters. The zero-order valence-corrected chi connectivity index (χ0v) is 14.6. The highest BCUT2D eigenvalue weighted by Gasteiger charge is 2.31. The van der Waals surface area contributed by atoms with Gasteiger partial charge in [0.2, 0.25) is 5.91 Å². The third kappa shape index (κ3) is 4.55. The van der Waals surface area contributed by atoms with Gasteiger partial charge < -0.3 is 20.3 Å². The van der Waals surface area contributed by atoms with Gasteiger partial charge >= 0.3 is 0 Å². The molecule has 3 heterocycles. The van der Waals surface area contributed by atoms with Crippen molar-refractivity contribution in [3.05, 3.63) is 22.4 Å². The number of rotatable bonds is 5. The normalized spacial score (nSPS) is 22.3. The second-order valence-corrected chi connectivity index (χ2v) is 7.32. The molecule has 132 valence electrons. The Labute approximate surface area is 146 Å². The summed E-state index contributed by atoms with van der Waals surface area (Å²) >= 11 is 1.71. The van der Waals surface area contributed by atoms with Gasteiger partial charge in [0.25, 0.3) is 5.91 Å². The average Bonchev–Trinajstić information content (AvgIpc) is 3.15. The number of carbonyl (C=O) groups is 2. The number of piperidine rings is 1. The first-order valence-electron chi connectivity index (χ1n) is 8.65. The summed E-state index contributed by atoms with van der Waals surface area (Å²) in [6.45, 7) is 3.93. The van der Waals surface area contributed by atoms with E-state index in [2.05, 4.69) is 22.1 Å². The number of amides is 2. The Morgan fingerprint density at radius 3 is 2.88 bits per heavy atom. The highest BCUT2D eigenvalue weighted by Crippen LogP contribution is 2.19. The second kappa shape index (κ2) is 8.60. The second-order valence-electron chi connectivity index (χ2n) is 6.28. The van der Waals surface area contributed by atoms with Crippen molar-refractivity contribution >= 4 is 23.2 Å². The van der Waals surface area contributed by atoms with E-state index in [1.165, 1.54) is 4.88 Å². The van der Waals surface area contributed by atoms with Gasteiger partial charge in [0.15, 0.2) is 0 Å². The van der Waals surface area contributed by atoms with Crippen LogP contribution in [0.3, 0.4) is 0 Å². The van der Waals surface area contributed by atoms with Crippen LogP contribution in [0.4, 0.5) is 0 Å². The maximum Gasteiger partial charge on any atom is 0.253 e. The van der Waals surface area contributed by atoms with Crippen LogP contribution >= 0.6 is 11.3 Å². The maximum atomic E-state index is 12.4. The largest absolute Gasteiger partial charge is 0.366 e. The molecule has 2 amide bonds. The van der Waals surface area contributed by atoms with Gasteiger partial charge in [0.05, 0.1) is 6.61 Å². The van der Waals surface area contributed by atoms with E-state index in [0.29, 0.717) is 32.8 Å². The summed E-state index contributed by atoms with van der Waals surface area (Å²) < 4.78 is 5.52. The SMILES string of the molecule is O=C(NCCc1cccs1)C1CCN(C(=O)C2CNCCO2)CC1. The van der Waals surface area contributed by atoms with Crippen molar-refractivity contribution in [3.8, 4) is 0 Å². The maximum absolute atomic E-state index is 12.4. The number of ether oxygens (including phenoxy) is 1. The Morgan fingerprint density at radius 2 is 2.21 bits per heavy atom. The van der Waals surface area contributed by atoms with E-state index in [-0.39, 0.29) is 23.8 Å². The molecule has 0 spiro atoms. The molecule has 0 saturated carbocycles. The van der Waals surface area contributed by atoms with E-state index in [4.69, 9.17) is 4.74 Å². The Kier molecular flexibility index (Phi) is 6.23. The molecule has 2 aliphatic heterocycles. The average molecular weight is 351 g/mol. The van der Waals surface area contributed by atoms with Gasteiger partial charge in [-0.25, -0.2) is 0 Å². The molecule has 2 N–H and O–H groups in total. The van der Waals surface area contributed by atoms with E-state index >= 15 is 0 Å². The number of likely N-dealkylation sites (tertiary alicyclic amines) is 1. The fraction of sp³-hybridized carbons (Fsp3) is 0.647. The summed E-state index contributed by atoms with van der Waals surface area (Å²) in [4.78, 5) is 27.8. The van der Waals surface area contributed by atoms with Gasteiger partial charge in [0, 0.05) is 43.5 Å². The number of carbonyl (C=O) groups excluding carboxylic acids is 2. The van der Waals surface area contributed by atoms with Crippen LogP contribution in [0.25, 0.3) is 0 Å².